The molecule has 0 saturated heterocycles. The lowest BCUT2D eigenvalue weighted by Gasteiger charge is -2.30. The molecule has 2 aromatic rings. The predicted molar refractivity (Wildman–Crippen MR) is 125 cm³/mol. The van der Waals surface area contributed by atoms with Gasteiger partial charge < -0.3 is 19.7 Å². The molecule has 0 bridgehead atoms. The average Bonchev–Trinajstić information content (AvgIpc) is 3.34. The van der Waals surface area contributed by atoms with E-state index < -0.39 is 6.04 Å². The quantitative estimate of drug-likeness (QED) is 0.530. The second kappa shape index (κ2) is 12.1. The number of methoxy groups -OCH3 is 1. The predicted octanol–water partition coefficient (Wildman–Crippen LogP) is 4.33. The minimum absolute atomic E-state index is 0.0495. The molecule has 1 aliphatic rings. The largest absolute Gasteiger partial charge is 0.497 e. The molecule has 1 fully saturated rings. The van der Waals surface area contributed by atoms with E-state index >= 15 is 0 Å². The van der Waals surface area contributed by atoms with Gasteiger partial charge in [-0.05, 0) is 56.0 Å². The van der Waals surface area contributed by atoms with Crippen LogP contribution in [0.15, 0.2) is 54.6 Å². The third-order valence-electron chi connectivity index (χ3n) is 5.93. The molecule has 0 spiro atoms. The lowest BCUT2D eigenvalue weighted by atomic mass is 10.1. The number of ether oxygens (including phenoxy) is 2. The zero-order valence-corrected chi connectivity index (χ0v) is 19.1. The topological polar surface area (TPSA) is 67.9 Å². The summed E-state index contributed by atoms with van der Waals surface area (Å²) in [5.41, 5.74) is 0.959. The van der Waals surface area contributed by atoms with Crippen molar-refractivity contribution >= 4 is 11.8 Å². The molecule has 1 N–H and O–H groups in total. The highest BCUT2D eigenvalue weighted by molar-refractivity contribution is 5.87. The average molecular weight is 439 g/mol. The molecule has 3 rings (SSSR count). The second-order valence-corrected chi connectivity index (χ2v) is 8.30. The third kappa shape index (κ3) is 7.01. The smallest absolute Gasteiger partial charge is 0.242 e. The molecule has 1 aliphatic carbocycles. The summed E-state index contributed by atoms with van der Waals surface area (Å²) >= 11 is 0. The Morgan fingerprint density at radius 2 is 1.72 bits per heavy atom. The van der Waals surface area contributed by atoms with Crippen molar-refractivity contribution in [2.75, 3.05) is 13.7 Å². The standard InChI is InChI=1S/C26H34N2O4/c1-20(26(30)27-22-9-6-7-10-22)28(19-21-14-16-23(31-2)17-15-21)25(29)13-8-18-32-24-11-4-3-5-12-24/h3-5,11-12,14-17,20,22H,6-10,13,18-19H2,1-2H3,(H,27,30). The van der Waals surface area contributed by atoms with Crippen molar-refractivity contribution < 1.29 is 19.1 Å². The summed E-state index contributed by atoms with van der Waals surface area (Å²) in [7, 11) is 1.62. The van der Waals surface area contributed by atoms with E-state index in [0.29, 0.717) is 26.0 Å². The summed E-state index contributed by atoms with van der Waals surface area (Å²) < 4.78 is 10.9. The molecule has 172 valence electrons. The van der Waals surface area contributed by atoms with E-state index in [4.69, 9.17) is 9.47 Å². The summed E-state index contributed by atoms with van der Waals surface area (Å²) in [5, 5.41) is 3.13. The molecule has 2 amide bonds. The minimum Gasteiger partial charge on any atom is -0.497 e. The lowest BCUT2D eigenvalue weighted by molar-refractivity contribution is -0.141. The fraction of sp³-hybridized carbons (Fsp3) is 0.462. The maximum atomic E-state index is 13.1. The maximum Gasteiger partial charge on any atom is 0.242 e. The number of carbonyl (C=O) groups is 2. The van der Waals surface area contributed by atoms with Gasteiger partial charge in [-0.3, -0.25) is 9.59 Å². The first kappa shape index (κ1) is 23.6. The van der Waals surface area contributed by atoms with Crippen molar-refractivity contribution in [2.45, 2.75) is 64.1 Å². The van der Waals surface area contributed by atoms with Crippen LogP contribution >= 0.6 is 0 Å². The van der Waals surface area contributed by atoms with Gasteiger partial charge in [0.2, 0.25) is 11.8 Å². The molecule has 0 aliphatic heterocycles. The Balaban J connectivity index is 1.60. The van der Waals surface area contributed by atoms with Gasteiger partial charge in [0.1, 0.15) is 17.5 Å². The number of nitrogens with one attached hydrogen (secondary N) is 1. The van der Waals surface area contributed by atoms with E-state index in [-0.39, 0.29) is 17.9 Å². The van der Waals surface area contributed by atoms with Crippen molar-refractivity contribution in [1.82, 2.24) is 10.2 Å². The van der Waals surface area contributed by atoms with Gasteiger partial charge in [0.05, 0.1) is 13.7 Å². The molecule has 2 aromatic carbocycles. The Bertz CT molecular complexity index is 848. The zero-order valence-electron chi connectivity index (χ0n) is 19.1. The summed E-state index contributed by atoms with van der Waals surface area (Å²) in [6, 6.07) is 16.8. The van der Waals surface area contributed by atoms with Crippen molar-refractivity contribution in [2.24, 2.45) is 0 Å². The molecule has 0 aromatic heterocycles. The van der Waals surface area contributed by atoms with Crippen LogP contribution in [0, 0.1) is 0 Å². The van der Waals surface area contributed by atoms with E-state index in [1.54, 1.807) is 12.0 Å². The monoisotopic (exact) mass is 438 g/mol. The lowest BCUT2D eigenvalue weighted by Crippen LogP contribution is -2.49. The summed E-state index contributed by atoms with van der Waals surface area (Å²) in [6.07, 6.45) is 5.24. The van der Waals surface area contributed by atoms with Crippen molar-refractivity contribution in [3.05, 3.63) is 60.2 Å². The summed E-state index contributed by atoms with van der Waals surface area (Å²) in [5.74, 6) is 1.42. The van der Waals surface area contributed by atoms with Gasteiger partial charge in [0.15, 0.2) is 0 Å². The summed E-state index contributed by atoms with van der Waals surface area (Å²) in [4.78, 5) is 27.7. The van der Waals surface area contributed by atoms with Crippen molar-refractivity contribution in [3.63, 3.8) is 0 Å². The Morgan fingerprint density at radius 1 is 1.03 bits per heavy atom. The molecule has 0 radical (unpaired) electrons. The molecule has 0 heterocycles. The number of carbonyl (C=O) groups excluding carboxylic acids is 2. The van der Waals surface area contributed by atoms with Crippen LogP contribution in [0.25, 0.3) is 0 Å². The fourth-order valence-corrected chi connectivity index (χ4v) is 3.98. The molecule has 6 nitrogen and oxygen atoms in total. The number of nitrogens with zero attached hydrogens (tertiary/aromatic N) is 1. The van der Waals surface area contributed by atoms with Crippen LogP contribution in [0.1, 0.15) is 51.0 Å². The zero-order chi connectivity index (χ0) is 22.8. The van der Waals surface area contributed by atoms with E-state index in [1.807, 2.05) is 61.5 Å². The number of para-hydroxylation sites is 1. The van der Waals surface area contributed by atoms with Gasteiger partial charge in [-0.25, -0.2) is 0 Å². The highest BCUT2D eigenvalue weighted by Gasteiger charge is 2.28. The maximum absolute atomic E-state index is 13.1. The molecule has 1 atom stereocenters. The van der Waals surface area contributed by atoms with Crippen molar-refractivity contribution in [3.8, 4) is 11.5 Å². The fourth-order valence-electron chi connectivity index (χ4n) is 3.98. The van der Waals surface area contributed by atoms with E-state index in [2.05, 4.69) is 5.32 Å². The Hall–Kier alpha value is -3.02. The Kier molecular flexibility index (Phi) is 8.96. The molecular formula is C26H34N2O4. The van der Waals surface area contributed by atoms with E-state index in [9.17, 15) is 9.59 Å². The normalized spacial score (nSPS) is 14.6. The number of rotatable bonds is 11. The first-order chi connectivity index (χ1) is 15.6. The van der Waals surface area contributed by atoms with Crippen LogP contribution in [-0.4, -0.2) is 42.5 Å². The summed E-state index contributed by atoms with van der Waals surface area (Å²) in [6.45, 7) is 2.64. The Morgan fingerprint density at radius 3 is 2.38 bits per heavy atom. The molecule has 1 saturated carbocycles. The van der Waals surface area contributed by atoms with E-state index in [0.717, 1.165) is 42.7 Å². The van der Waals surface area contributed by atoms with Gasteiger partial charge >= 0.3 is 0 Å². The highest BCUT2D eigenvalue weighted by Crippen LogP contribution is 2.19. The van der Waals surface area contributed by atoms with Crippen LogP contribution in [0.3, 0.4) is 0 Å². The van der Waals surface area contributed by atoms with Gasteiger partial charge in [0.25, 0.3) is 0 Å². The molecule has 32 heavy (non-hydrogen) atoms. The number of amides is 2. The SMILES string of the molecule is COc1ccc(CN(C(=O)CCCOc2ccccc2)C(C)C(=O)NC2CCCC2)cc1. The third-order valence-corrected chi connectivity index (χ3v) is 5.93. The van der Waals surface area contributed by atoms with Crippen LogP contribution < -0.4 is 14.8 Å². The molecule has 1 unspecified atom stereocenters. The molecule has 6 heteroatoms. The van der Waals surface area contributed by atoms with Gasteiger partial charge in [-0.2, -0.15) is 0 Å². The van der Waals surface area contributed by atoms with Gasteiger partial charge in [-0.15, -0.1) is 0 Å². The van der Waals surface area contributed by atoms with Crippen LogP contribution in [0.2, 0.25) is 0 Å². The highest BCUT2D eigenvalue weighted by atomic mass is 16.5. The van der Waals surface area contributed by atoms with Crippen molar-refractivity contribution in [1.29, 1.82) is 0 Å². The number of hydrogen-bond acceptors (Lipinski definition) is 4. The Labute approximate surface area is 190 Å². The second-order valence-electron chi connectivity index (χ2n) is 8.30. The first-order valence-electron chi connectivity index (χ1n) is 11.5. The van der Waals surface area contributed by atoms with Crippen LogP contribution in [-0.2, 0) is 16.1 Å². The van der Waals surface area contributed by atoms with E-state index in [1.165, 1.54) is 0 Å². The number of hydrogen-bond donors (Lipinski definition) is 1. The van der Waals surface area contributed by atoms with Crippen LogP contribution in [0.5, 0.6) is 11.5 Å². The van der Waals surface area contributed by atoms with Gasteiger partial charge in [0, 0.05) is 19.0 Å². The van der Waals surface area contributed by atoms with Gasteiger partial charge in [-0.1, -0.05) is 43.2 Å². The molecular weight excluding hydrogens is 404 g/mol. The number of benzene rings is 2. The van der Waals surface area contributed by atoms with Crippen LogP contribution in [0.4, 0.5) is 0 Å². The first-order valence-corrected chi connectivity index (χ1v) is 11.5. The minimum atomic E-state index is -0.541.